The van der Waals surface area contributed by atoms with Crippen LogP contribution in [0, 0.1) is 5.41 Å². The van der Waals surface area contributed by atoms with Gasteiger partial charge in [-0.25, -0.2) is 0 Å². The van der Waals surface area contributed by atoms with Crippen molar-refractivity contribution in [1.29, 1.82) is 5.41 Å². The molecule has 0 unspecified atom stereocenters. The number of hydrogen-bond donors (Lipinski definition) is 1. The van der Waals surface area contributed by atoms with Gasteiger partial charge in [0.2, 0.25) is 0 Å². The zero-order valence-corrected chi connectivity index (χ0v) is 18.8. The fourth-order valence-corrected chi connectivity index (χ4v) is 4.56. The number of carbonyl (C=O) groups excluding carboxylic acids is 1. The number of amides is 1. The largest absolute Gasteiger partial charge is 0.497 e. The summed E-state index contributed by atoms with van der Waals surface area (Å²) in [5.41, 5.74) is 2.25. The number of rotatable bonds is 7. The molecule has 2 aliphatic heterocycles. The summed E-state index contributed by atoms with van der Waals surface area (Å²) in [6.45, 7) is 1.34. The van der Waals surface area contributed by atoms with Crippen molar-refractivity contribution < 1.29 is 14.3 Å². The number of aliphatic imine (C=N–C) groups is 1. The average molecular weight is 459 g/mol. The van der Waals surface area contributed by atoms with Crippen molar-refractivity contribution >= 4 is 45.7 Å². The predicted octanol–water partition coefficient (Wildman–Crippen LogP) is 4.90. The van der Waals surface area contributed by atoms with Crippen molar-refractivity contribution in [2.45, 2.75) is 13.0 Å². The summed E-state index contributed by atoms with van der Waals surface area (Å²) in [5.74, 6) is 1.37. The van der Waals surface area contributed by atoms with E-state index in [1.54, 1.807) is 24.3 Å². The molecule has 0 fully saturated rings. The van der Waals surface area contributed by atoms with Crippen LogP contribution in [-0.2, 0) is 11.3 Å². The molecule has 0 bridgehead atoms. The zero-order valence-electron chi connectivity index (χ0n) is 18.0. The van der Waals surface area contributed by atoms with Crippen LogP contribution in [0.15, 0.2) is 76.9 Å². The lowest BCUT2D eigenvalue weighted by Crippen LogP contribution is -2.35. The molecule has 1 aromatic heterocycles. The van der Waals surface area contributed by atoms with E-state index in [-0.39, 0.29) is 17.3 Å². The Morgan fingerprint density at radius 3 is 2.73 bits per heavy atom. The molecule has 0 saturated heterocycles. The maximum Gasteiger partial charge on any atom is 0.283 e. The first-order valence-corrected chi connectivity index (χ1v) is 11.4. The lowest BCUT2D eigenvalue weighted by atomic mass is 10.1. The molecule has 0 spiro atoms. The van der Waals surface area contributed by atoms with Crippen LogP contribution in [0.5, 0.6) is 11.5 Å². The number of nitrogens with one attached hydrogen (secondary N) is 1. The molecule has 33 heavy (non-hydrogen) atoms. The van der Waals surface area contributed by atoms with Crippen LogP contribution in [0.2, 0.25) is 0 Å². The number of carbonyl (C=O) groups is 1. The molecule has 1 amide bonds. The maximum atomic E-state index is 12.6. The normalized spacial score (nSPS) is 16.5. The number of aromatic nitrogens is 1. The Hall–Kier alpha value is -3.78. The Balaban J connectivity index is 1.34. The molecule has 0 radical (unpaired) electrons. The Morgan fingerprint density at radius 1 is 1.12 bits per heavy atom. The van der Waals surface area contributed by atoms with Crippen LogP contribution < -0.4 is 9.47 Å². The highest BCUT2D eigenvalue weighted by Crippen LogP contribution is 2.29. The second kappa shape index (κ2) is 8.99. The first-order chi connectivity index (χ1) is 16.1. The summed E-state index contributed by atoms with van der Waals surface area (Å²) < 4.78 is 13.2. The van der Waals surface area contributed by atoms with Gasteiger partial charge in [-0.3, -0.25) is 15.1 Å². The van der Waals surface area contributed by atoms with Gasteiger partial charge in [-0.05, 0) is 48.2 Å². The van der Waals surface area contributed by atoms with Gasteiger partial charge in [0, 0.05) is 35.4 Å². The molecule has 0 atom stereocenters. The molecule has 0 aliphatic carbocycles. The van der Waals surface area contributed by atoms with Crippen LogP contribution in [0.3, 0.4) is 0 Å². The van der Waals surface area contributed by atoms with E-state index in [0.29, 0.717) is 11.8 Å². The highest BCUT2D eigenvalue weighted by atomic mass is 32.2. The highest BCUT2D eigenvalue weighted by Gasteiger charge is 2.31. The Morgan fingerprint density at radius 2 is 1.91 bits per heavy atom. The summed E-state index contributed by atoms with van der Waals surface area (Å²) in [6.07, 6.45) is 6.38. The summed E-state index contributed by atoms with van der Waals surface area (Å²) in [7, 11) is 1.64. The van der Waals surface area contributed by atoms with Crippen LogP contribution in [-0.4, -0.2) is 40.1 Å². The van der Waals surface area contributed by atoms with Crippen molar-refractivity contribution in [3.05, 3.63) is 77.5 Å². The fourth-order valence-electron chi connectivity index (χ4n) is 3.86. The van der Waals surface area contributed by atoms with E-state index in [0.717, 1.165) is 40.9 Å². The second-order valence-electron chi connectivity index (χ2n) is 7.55. The van der Waals surface area contributed by atoms with E-state index >= 15 is 0 Å². The maximum absolute atomic E-state index is 12.6. The molecule has 0 saturated carbocycles. The first kappa shape index (κ1) is 21.1. The monoisotopic (exact) mass is 458 g/mol. The molecule has 7 nitrogen and oxygen atoms in total. The van der Waals surface area contributed by atoms with Crippen molar-refractivity contribution in [3.8, 4) is 11.5 Å². The minimum atomic E-state index is -0.382. The van der Waals surface area contributed by atoms with Gasteiger partial charge in [-0.2, -0.15) is 4.99 Å². The van der Waals surface area contributed by atoms with E-state index in [1.165, 1.54) is 11.8 Å². The summed E-state index contributed by atoms with van der Waals surface area (Å²) >= 11 is 1.34. The van der Waals surface area contributed by atoms with Crippen LogP contribution in [0.25, 0.3) is 17.0 Å². The molecule has 1 N–H and O–H groups in total. The highest BCUT2D eigenvalue weighted by molar-refractivity contribution is 8.16. The molecule has 5 rings (SSSR count). The number of ether oxygens (including phenoxy) is 2. The van der Waals surface area contributed by atoms with Gasteiger partial charge in [0.15, 0.2) is 5.17 Å². The van der Waals surface area contributed by atoms with Gasteiger partial charge in [-0.15, -0.1) is 0 Å². The number of nitrogens with zero attached hydrogens (tertiary/aromatic N) is 3. The van der Waals surface area contributed by atoms with E-state index in [4.69, 9.17) is 14.9 Å². The molecular weight excluding hydrogens is 436 g/mol. The van der Waals surface area contributed by atoms with Crippen LogP contribution >= 0.6 is 11.8 Å². The Kier molecular flexibility index (Phi) is 5.75. The van der Waals surface area contributed by atoms with Gasteiger partial charge in [0.1, 0.15) is 17.3 Å². The summed E-state index contributed by atoms with van der Waals surface area (Å²) in [5, 5.41) is 11.9. The van der Waals surface area contributed by atoms with E-state index in [9.17, 15) is 4.79 Å². The van der Waals surface area contributed by atoms with Crippen molar-refractivity contribution in [2.75, 3.05) is 13.7 Å². The van der Waals surface area contributed by atoms with Gasteiger partial charge >= 0.3 is 0 Å². The minimum absolute atomic E-state index is 0.149. The topological polar surface area (TPSA) is 79.9 Å². The number of benzene rings is 2. The van der Waals surface area contributed by atoms with E-state index < -0.39 is 0 Å². The number of amidine groups is 2. The fraction of sp³-hybridized carbons (Fsp3) is 0.160. The smallest absolute Gasteiger partial charge is 0.283 e. The average Bonchev–Trinajstić information content (AvgIpc) is 3.45. The van der Waals surface area contributed by atoms with Crippen LogP contribution in [0.4, 0.5) is 0 Å². The molecule has 3 aromatic rings. The van der Waals surface area contributed by atoms with Gasteiger partial charge in [0.25, 0.3) is 5.91 Å². The lowest BCUT2D eigenvalue weighted by molar-refractivity contribution is -0.114. The third kappa shape index (κ3) is 4.17. The third-order valence-corrected chi connectivity index (χ3v) is 6.26. The van der Waals surface area contributed by atoms with Gasteiger partial charge in [0.05, 0.1) is 19.3 Å². The number of thioether (sulfide) groups is 1. The lowest BCUT2D eigenvalue weighted by Gasteiger charge is -2.22. The standard InChI is InChI=1S/C25H22N4O3S/c1-31-18-7-9-19(10-8-18)32-13-4-11-28-16-17(20-5-2-3-6-22(20)28)15-21-23(26)29-12-14-33-25(29)27-24(21)30/h2-3,5-10,12,14-16,26H,4,11,13H2,1H3/b21-15-,26-23?. The third-order valence-electron chi connectivity index (χ3n) is 5.50. The molecular formula is C25H22N4O3S. The summed E-state index contributed by atoms with van der Waals surface area (Å²) in [6, 6.07) is 15.6. The van der Waals surface area contributed by atoms with Gasteiger partial charge in [-0.1, -0.05) is 30.0 Å². The van der Waals surface area contributed by atoms with Crippen molar-refractivity contribution in [2.24, 2.45) is 4.99 Å². The van der Waals surface area contributed by atoms with Crippen molar-refractivity contribution in [3.63, 3.8) is 0 Å². The number of aryl methyl sites for hydroxylation is 1. The van der Waals surface area contributed by atoms with E-state index in [2.05, 4.69) is 15.6 Å². The molecule has 3 heterocycles. The predicted molar refractivity (Wildman–Crippen MR) is 132 cm³/mol. The van der Waals surface area contributed by atoms with Gasteiger partial charge < -0.3 is 14.0 Å². The molecule has 2 aliphatic rings. The zero-order chi connectivity index (χ0) is 22.8. The van der Waals surface area contributed by atoms with Crippen LogP contribution in [0.1, 0.15) is 12.0 Å². The number of hydrogen-bond acceptors (Lipinski definition) is 5. The second-order valence-corrected chi connectivity index (χ2v) is 8.42. The van der Waals surface area contributed by atoms with E-state index in [1.807, 2.05) is 54.1 Å². The number of para-hydroxylation sites is 1. The summed E-state index contributed by atoms with van der Waals surface area (Å²) in [4.78, 5) is 18.3. The quantitative estimate of drug-likeness (QED) is 0.403. The first-order valence-electron chi connectivity index (χ1n) is 10.5. The molecule has 166 valence electrons. The Labute approximate surface area is 195 Å². The van der Waals surface area contributed by atoms with Crippen molar-refractivity contribution in [1.82, 2.24) is 9.47 Å². The molecule has 8 heteroatoms. The number of fused-ring (bicyclic) bond motifs is 2. The number of methoxy groups -OCH3 is 1. The SMILES string of the molecule is COc1ccc(OCCCn2cc(/C=C3/C(=N)N4C=CSC4=NC3=O)c3ccccc32)cc1. The molecule has 2 aromatic carbocycles. The minimum Gasteiger partial charge on any atom is -0.497 e. The Bertz CT molecular complexity index is 1320.